The highest BCUT2D eigenvalue weighted by molar-refractivity contribution is 5.96. The number of likely N-dealkylation sites (N-methyl/N-ethyl adjacent to an activating group) is 1. The Morgan fingerprint density at radius 3 is 2.47 bits per heavy atom. The SMILES string of the molecule is CNCCc1ccccc1C(=O)NC(C)(C)C. The summed E-state index contributed by atoms with van der Waals surface area (Å²) in [6.45, 7) is 6.84. The molecule has 1 amide bonds. The largest absolute Gasteiger partial charge is 0.347 e. The molecule has 0 aromatic heterocycles. The van der Waals surface area contributed by atoms with Crippen molar-refractivity contribution in [3.8, 4) is 0 Å². The highest BCUT2D eigenvalue weighted by atomic mass is 16.1. The Hall–Kier alpha value is -1.35. The van der Waals surface area contributed by atoms with Gasteiger partial charge in [0.2, 0.25) is 0 Å². The number of benzene rings is 1. The van der Waals surface area contributed by atoms with Crippen molar-refractivity contribution >= 4 is 5.91 Å². The van der Waals surface area contributed by atoms with Gasteiger partial charge in [-0.05, 0) is 52.4 Å². The van der Waals surface area contributed by atoms with Crippen LogP contribution in [0.5, 0.6) is 0 Å². The number of amides is 1. The van der Waals surface area contributed by atoms with Gasteiger partial charge in [-0.15, -0.1) is 0 Å². The first-order valence-corrected chi connectivity index (χ1v) is 5.99. The third-order valence-corrected chi connectivity index (χ3v) is 2.39. The fraction of sp³-hybridized carbons (Fsp3) is 0.500. The van der Waals surface area contributed by atoms with Crippen molar-refractivity contribution in [2.24, 2.45) is 0 Å². The van der Waals surface area contributed by atoms with E-state index >= 15 is 0 Å². The van der Waals surface area contributed by atoms with Gasteiger partial charge in [0.15, 0.2) is 0 Å². The van der Waals surface area contributed by atoms with Crippen molar-refractivity contribution in [1.29, 1.82) is 0 Å². The van der Waals surface area contributed by atoms with Gasteiger partial charge in [-0.25, -0.2) is 0 Å². The molecule has 0 saturated carbocycles. The molecule has 0 heterocycles. The minimum atomic E-state index is -0.201. The number of carbonyl (C=O) groups excluding carboxylic acids is 1. The zero-order valence-electron chi connectivity index (χ0n) is 11.1. The summed E-state index contributed by atoms with van der Waals surface area (Å²) in [6, 6.07) is 7.76. The van der Waals surface area contributed by atoms with Crippen LogP contribution in [-0.2, 0) is 6.42 Å². The lowest BCUT2D eigenvalue weighted by molar-refractivity contribution is 0.0918. The van der Waals surface area contributed by atoms with Crippen LogP contribution in [0.25, 0.3) is 0 Å². The van der Waals surface area contributed by atoms with Crippen molar-refractivity contribution in [3.05, 3.63) is 35.4 Å². The molecule has 94 valence electrons. The van der Waals surface area contributed by atoms with Crippen LogP contribution < -0.4 is 10.6 Å². The van der Waals surface area contributed by atoms with Crippen LogP contribution in [0.3, 0.4) is 0 Å². The van der Waals surface area contributed by atoms with E-state index < -0.39 is 0 Å². The summed E-state index contributed by atoms with van der Waals surface area (Å²) in [4.78, 5) is 12.1. The number of hydrogen-bond donors (Lipinski definition) is 2. The summed E-state index contributed by atoms with van der Waals surface area (Å²) in [5.41, 5.74) is 1.66. The molecule has 3 nitrogen and oxygen atoms in total. The summed E-state index contributed by atoms with van der Waals surface area (Å²) >= 11 is 0. The van der Waals surface area contributed by atoms with Crippen LogP contribution in [0.4, 0.5) is 0 Å². The summed E-state index contributed by atoms with van der Waals surface area (Å²) < 4.78 is 0. The van der Waals surface area contributed by atoms with Crippen LogP contribution >= 0.6 is 0 Å². The topological polar surface area (TPSA) is 41.1 Å². The standard InChI is InChI=1S/C14H22N2O/c1-14(2,3)16-13(17)12-8-6-5-7-11(12)9-10-15-4/h5-8,15H,9-10H2,1-4H3,(H,16,17). The maximum atomic E-state index is 12.1. The maximum Gasteiger partial charge on any atom is 0.251 e. The average Bonchev–Trinajstić information content (AvgIpc) is 2.24. The molecule has 0 saturated heterocycles. The second kappa shape index (κ2) is 5.82. The van der Waals surface area contributed by atoms with E-state index in [-0.39, 0.29) is 11.4 Å². The molecule has 3 heteroatoms. The molecule has 0 atom stereocenters. The first kappa shape index (κ1) is 13.7. The van der Waals surface area contributed by atoms with E-state index in [1.165, 1.54) is 0 Å². The van der Waals surface area contributed by atoms with Gasteiger partial charge in [0.1, 0.15) is 0 Å². The molecular formula is C14H22N2O. The Balaban J connectivity index is 2.85. The van der Waals surface area contributed by atoms with Crippen molar-refractivity contribution in [3.63, 3.8) is 0 Å². The summed E-state index contributed by atoms with van der Waals surface area (Å²) in [7, 11) is 1.91. The molecule has 0 unspecified atom stereocenters. The molecule has 0 aliphatic carbocycles. The normalized spacial score (nSPS) is 11.3. The number of nitrogens with one attached hydrogen (secondary N) is 2. The molecule has 0 fully saturated rings. The second-order valence-electron chi connectivity index (χ2n) is 5.21. The van der Waals surface area contributed by atoms with E-state index in [2.05, 4.69) is 10.6 Å². The minimum Gasteiger partial charge on any atom is -0.347 e. The molecular weight excluding hydrogens is 212 g/mol. The molecule has 0 radical (unpaired) electrons. The van der Waals surface area contributed by atoms with Crippen molar-refractivity contribution in [2.45, 2.75) is 32.7 Å². The first-order valence-electron chi connectivity index (χ1n) is 5.99. The predicted molar refractivity (Wildman–Crippen MR) is 71.3 cm³/mol. The van der Waals surface area contributed by atoms with Gasteiger partial charge in [0.05, 0.1) is 0 Å². The zero-order valence-corrected chi connectivity index (χ0v) is 11.1. The first-order chi connectivity index (χ1) is 7.94. The summed E-state index contributed by atoms with van der Waals surface area (Å²) in [5, 5.41) is 6.09. The molecule has 1 aromatic carbocycles. The Morgan fingerprint density at radius 2 is 1.88 bits per heavy atom. The zero-order chi connectivity index (χ0) is 12.9. The van der Waals surface area contributed by atoms with E-state index in [9.17, 15) is 4.79 Å². The highest BCUT2D eigenvalue weighted by Crippen LogP contribution is 2.11. The number of carbonyl (C=O) groups is 1. The Morgan fingerprint density at radius 1 is 1.24 bits per heavy atom. The Kier molecular flexibility index (Phi) is 4.70. The second-order valence-corrected chi connectivity index (χ2v) is 5.21. The van der Waals surface area contributed by atoms with E-state index in [1.807, 2.05) is 52.1 Å². The fourth-order valence-electron chi connectivity index (χ4n) is 1.63. The maximum absolute atomic E-state index is 12.1. The fourth-order valence-corrected chi connectivity index (χ4v) is 1.63. The monoisotopic (exact) mass is 234 g/mol. The van der Waals surface area contributed by atoms with Crippen LogP contribution in [0, 0.1) is 0 Å². The molecule has 2 N–H and O–H groups in total. The van der Waals surface area contributed by atoms with E-state index in [0.29, 0.717) is 0 Å². The van der Waals surface area contributed by atoms with Gasteiger partial charge in [-0.2, -0.15) is 0 Å². The van der Waals surface area contributed by atoms with Gasteiger partial charge < -0.3 is 10.6 Å². The van der Waals surface area contributed by atoms with E-state index in [0.717, 1.165) is 24.1 Å². The van der Waals surface area contributed by atoms with Gasteiger partial charge in [-0.3, -0.25) is 4.79 Å². The molecule has 0 spiro atoms. The highest BCUT2D eigenvalue weighted by Gasteiger charge is 2.17. The lowest BCUT2D eigenvalue weighted by atomic mass is 10.0. The molecule has 1 rings (SSSR count). The molecule has 17 heavy (non-hydrogen) atoms. The molecule has 1 aromatic rings. The van der Waals surface area contributed by atoms with Crippen LogP contribution in [0.2, 0.25) is 0 Å². The Bertz CT molecular complexity index is 380. The van der Waals surface area contributed by atoms with Gasteiger partial charge in [0, 0.05) is 11.1 Å². The quantitative estimate of drug-likeness (QED) is 0.836. The smallest absolute Gasteiger partial charge is 0.251 e. The van der Waals surface area contributed by atoms with Gasteiger partial charge in [0.25, 0.3) is 5.91 Å². The average molecular weight is 234 g/mol. The lowest BCUT2D eigenvalue weighted by Crippen LogP contribution is -2.41. The number of hydrogen-bond acceptors (Lipinski definition) is 2. The Labute approximate surface area is 104 Å². The van der Waals surface area contributed by atoms with Crippen molar-refractivity contribution < 1.29 is 4.79 Å². The van der Waals surface area contributed by atoms with Crippen LogP contribution in [0.15, 0.2) is 24.3 Å². The van der Waals surface area contributed by atoms with Crippen LogP contribution in [0.1, 0.15) is 36.7 Å². The molecule has 0 bridgehead atoms. The lowest BCUT2D eigenvalue weighted by Gasteiger charge is -2.21. The molecule has 0 aliphatic heterocycles. The van der Waals surface area contributed by atoms with Gasteiger partial charge in [-0.1, -0.05) is 18.2 Å². The third-order valence-electron chi connectivity index (χ3n) is 2.39. The minimum absolute atomic E-state index is 0.00389. The van der Waals surface area contributed by atoms with Crippen molar-refractivity contribution in [1.82, 2.24) is 10.6 Å². The summed E-state index contributed by atoms with van der Waals surface area (Å²) in [6.07, 6.45) is 0.865. The van der Waals surface area contributed by atoms with E-state index in [4.69, 9.17) is 0 Å². The van der Waals surface area contributed by atoms with E-state index in [1.54, 1.807) is 0 Å². The molecule has 0 aliphatic rings. The summed E-state index contributed by atoms with van der Waals surface area (Å²) in [5.74, 6) is 0.00389. The third kappa shape index (κ3) is 4.57. The van der Waals surface area contributed by atoms with Crippen LogP contribution in [-0.4, -0.2) is 25.0 Å². The van der Waals surface area contributed by atoms with Gasteiger partial charge >= 0.3 is 0 Å². The van der Waals surface area contributed by atoms with Crippen molar-refractivity contribution in [2.75, 3.05) is 13.6 Å². The number of rotatable bonds is 4. The predicted octanol–water partition coefficient (Wildman–Crippen LogP) is 1.98.